The van der Waals surface area contributed by atoms with Gasteiger partial charge in [-0.05, 0) is 24.0 Å². The van der Waals surface area contributed by atoms with Crippen LogP contribution in [-0.2, 0) is 11.3 Å². The lowest BCUT2D eigenvalue weighted by atomic mass is 10.0. The van der Waals surface area contributed by atoms with Gasteiger partial charge in [0.1, 0.15) is 0 Å². The highest BCUT2D eigenvalue weighted by molar-refractivity contribution is 7.99. The molecule has 0 radical (unpaired) electrons. The lowest BCUT2D eigenvalue weighted by Crippen LogP contribution is -2.44. The van der Waals surface area contributed by atoms with E-state index < -0.39 is 0 Å². The molecule has 0 spiro atoms. The fourth-order valence-corrected chi connectivity index (χ4v) is 3.38. The van der Waals surface area contributed by atoms with Gasteiger partial charge in [0.2, 0.25) is 5.91 Å². The molecule has 112 valence electrons. The largest absolute Gasteiger partial charge is 0.336 e. The van der Waals surface area contributed by atoms with Gasteiger partial charge < -0.3 is 10.6 Å². The molecule has 0 bridgehead atoms. The number of carbonyl (C=O) groups is 1. The Bertz CT molecular complexity index is 453. The molecule has 0 fully saturated rings. The molecule has 2 rings (SSSR count). The van der Waals surface area contributed by atoms with Gasteiger partial charge in [-0.15, -0.1) is 24.2 Å². The van der Waals surface area contributed by atoms with Gasteiger partial charge in [-0.3, -0.25) is 4.79 Å². The Morgan fingerprint density at radius 3 is 2.80 bits per heavy atom. The number of nitrogens with zero attached hydrogens (tertiary/aromatic N) is 1. The number of nitrogens with two attached hydrogens (primary N) is 1. The Hall–Kier alpha value is -0.710. The summed E-state index contributed by atoms with van der Waals surface area (Å²) in [5.74, 6) is 1.48. The summed E-state index contributed by atoms with van der Waals surface area (Å²) in [7, 11) is 0. The third kappa shape index (κ3) is 4.40. The Morgan fingerprint density at radius 2 is 2.10 bits per heavy atom. The Labute approximate surface area is 131 Å². The molecule has 0 aliphatic carbocycles. The maximum absolute atomic E-state index is 12.4. The summed E-state index contributed by atoms with van der Waals surface area (Å²) in [6.45, 7) is 5.67. The van der Waals surface area contributed by atoms with Gasteiger partial charge in [-0.1, -0.05) is 32.0 Å². The number of hydrogen-bond acceptors (Lipinski definition) is 3. The quantitative estimate of drug-likeness (QED) is 0.933. The first kappa shape index (κ1) is 17.3. The zero-order valence-electron chi connectivity index (χ0n) is 12.0. The Morgan fingerprint density at radius 1 is 1.40 bits per heavy atom. The van der Waals surface area contributed by atoms with Gasteiger partial charge in [0, 0.05) is 23.7 Å². The van der Waals surface area contributed by atoms with E-state index >= 15 is 0 Å². The van der Waals surface area contributed by atoms with Crippen molar-refractivity contribution in [2.45, 2.75) is 37.8 Å². The standard InChI is InChI=1S/C15H22N2OS.ClH/c1-11(2)9-13(16)15(18)17-7-8-19-14-6-4-3-5-12(14)10-17;/h3-6,11,13H,7-10,16H2,1-2H3;1H/t13-;/m0./s1. The van der Waals surface area contributed by atoms with E-state index in [1.54, 1.807) is 0 Å². The van der Waals surface area contributed by atoms with E-state index in [9.17, 15) is 4.79 Å². The molecular weight excluding hydrogens is 292 g/mol. The van der Waals surface area contributed by atoms with Gasteiger partial charge >= 0.3 is 0 Å². The molecule has 1 atom stereocenters. The highest BCUT2D eigenvalue weighted by Gasteiger charge is 2.24. The number of hydrogen-bond donors (Lipinski definition) is 1. The van der Waals surface area contributed by atoms with Crippen molar-refractivity contribution < 1.29 is 4.79 Å². The van der Waals surface area contributed by atoms with Crippen LogP contribution >= 0.6 is 24.2 Å². The maximum Gasteiger partial charge on any atom is 0.239 e. The van der Waals surface area contributed by atoms with Crippen molar-refractivity contribution in [1.29, 1.82) is 0 Å². The van der Waals surface area contributed by atoms with E-state index in [0.717, 1.165) is 18.7 Å². The van der Waals surface area contributed by atoms with Crippen LogP contribution in [0.5, 0.6) is 0 Å². The molecule has 1 aromatic carbocycles. The fourth-order valence-electron chi connectivity index (χ4n) is 2.36. The molecule has 2 N–H and O–H groups in total. The summed E-state index contributed by atoms with van der Waals surface area (Å²) in [6.07, 6.45) is 0.754. The third-order valence-electron chi connectivity index (χ3n) is 3.31. The lowest BCUT2D eigenvalue weighted by molar-refractivity contribution is -0.133. The van der Waals surface area contributed by atoms with E-state index in [1.807, 2.05) is 28.8 Å². The molecule has 1 aliphatic rings. The molecule has 3 nitrogen and oxygen atoms in total. The SMILES string of the molecule is CC(C)C[C@H](N)C(=O)N1CCSc2ccccc2C1.Cl. The maximum atomic E-state index is 12.4. The van der Waals surface area contributed by atoms with Crippen molar-refractivity contribution in [1.82, 2.24) is 4.90 Å². The predicted octanol–water partition coefficient (Wildman–Crippen LogP) is 2.92. The Kier molecular flexibility index (Phi) is 6.86. The first-order valence-electron chi connectivity index (χ1n) is 6.83. The summed E-state index contributed by atoms with van der Waals surface area (Å²) in [5.41, 5.74) is 7.25. The molecule has 0 aromatic heterocycles. The van der Waals surface area contributed by atoms with Crippen LogP contribution in [0.2, 0.25) is 0 Å². The topological polar surface area (TPSA) is 46.3 Å². The minimum Gasteiger partial charge on any atom is -0.336 e. The summed E-state index contributed by atoms with van der Waals surface area (Å²) in [6, 6.07) is 7.94. The number of thioether (sulfide) groups is 1. The molecule has 0 saturated heterocycles. The molecule has 1 heterocycles. The zero-order valence-corrected chi connectivity index (χ0v) is 13.7. The van der Waals surface area contributed by atoms with Crippen LogP contribution in [0.3, 0.4) is 0 Å². The highest BCUT2D eigenvalue weighted by atomic mass is 35.5. The molecule has 0 saturated carbocycles. The summed E-state index contributed by atoms with van der Waals surface area (Å²) < 4.78 is 0. The van der Waals surface area contributed by atoms with Crippen molar-refractivity contribution >= 4 is 30.1 Å². The van der Waals surface area contributed by atoms with E-state index in [4.69, 9.17) is 5.73 Å². The van der Waals surface area contributed by atoms with Crippen LogP contribution in [0.15, 0.2) is 29.2 Å². The number of carbonyl (C=O) groups excluding carboxylic acids is 1. The van der Waals surface area contributed by atoms with Gasteiger partial charge in [-0.25, -0.2) is 0 Å². The van der Waals surface area contributed by atoms with Crippen molar-refractivity contribution in [2.75, 3.05) is 12.3 Å². The molecule has 0 unspecified atom stereocenters. The summed E-state index contributed by atoms with van der Waals surface area (Å²) in [4.78, 5) is 15.6. The zero-order chi connectivity index (χ0) is 13.8. The molecule has 20 heavy (non-hydrogen) atoms. The highest BCUT2D eigenvalue weighted by Crippen LogP contribution is 2.27. The van der Waals surface area contributed by atoms with E-state index in [-0.39, 0.29) is 24.4 Å². The van der Waals surface area contributed by atoms with Gasteiger partial charge in [0.15, 0.2) is 0 Å². The number of benzene rings is 1. The number of rotatable bonds is 3. The molecule has 1 amide bonds. The molecule has 5 heteroatoms. The smallest absolute Gasteiger partial charge is 0.239 e. The average molecular weight is 315 g/mol. The predicted molar refractivity (Wildman–Crippen MR) is 87.3 cm³/mol. The van der Waals surface area contributed by atoms with Crippen LogP contribution in [0, 0.1) is 5.92 Å². The first-order chi connectivity index (χ1) is 9.08. The van der Waals surface area contributed by atoms with Crippen LogP contribution in [-0.4, -0.2) is 29.1 Å². The van der Waals surface area contributed by atoms with Crippen molar-refractivity contribution in [3.05, 3.63) is 29.8 Å². The van der Waals surface area contributed by atoms with Crippen LogP contribution in [0.1, 0.15) is 25.8 Å². The minimum absolute atomic E-state index is 0. The van der Waals surface area contributed by atoms with Crippen LogP contribution < -0.4 is 5.73 Å². The number of fused-ring (bicyclic) bond motifs is 1. The van der Waals surface area contributed by atoms with E-state index in [0.29, 0.717) is 12.5 Å². The second-order valence-electron chi connectivity index (χ2n) is 5.45. The number of amides is 1. The fraction of sp³-hybridized carbons (Fsp3) is 0.533. The Balaban J connectivity index is 0.00000200. The second-order valence-corrected chi connectivity index (χ2v) is 6.59. The minimum atomic E-state index is -0.365. The van der Waals surface area contributed by atoms with Crippen LogP contribution in [0.25, 0.3) is 0 Å². The normalized spacial score (nSPS) is 16.1. The van der Waals surface area contributed by atoms with Crippen molar-refractivity contribution in [2.24, 2.45) is 11.7 Å². The summed E-state index contributed by atoms with van der Waals surface area (Å²) in [5, 5.41) is 0. The average Bonchev–Trinajstić information content (AvgIpc) is 2.58. The van der Waals surface area contributed by atoms with Crippen molar-refractivity contribution in [3.63, 3.8) is 0 Å². The van der Waals surface area contributed by atoms with Gasteiger partial charge in [-0.2, -0.15) is 0 Å². The summed E-state index contributed by atoms with van der Waals surface area (Å²) >= 11 is 1.82. The van der Waals surface area contributed by atoms with Gasteiger partial charge in [0.05, 0.1) is 6.04 Å². The van der Waals surface area contributed by atoms with E-state index in [1.165, 1.54) is 10.5 Å². The molecular formula is C15H23ClN2OS. The number of halogens is 1. The van der Waals surface area contributed by atoms with E-state index in [2.05, 4.69) is 26.0 Å². The first-order valence-corrected chi connectivity index (χ1v) is 7.81. The second kappa shape index (κ2) is 7.91. The van der Waals surface area contributed by atoms with Crippen molar-refractivity contribution in [3.8, 4) is 0 Å². The third-order valence-corrected chi connectivity index (χ3v) is 4.40. The molecule has 1 aromatic rings. The molecule has 1 aliphatic heterocycles. The monoisotopic (exact) mass is 314 g/mol. The van der Waals surface area contributed by atoms with Crippen LogP contribution in [0.4, 0.5) is 0 Å². The van der Waals surface area contributed by atoms with Gasteiger partial charge in [0.25, 0.3) is 0 Å². The lowest BCUT2D eigenvalue weighted by Gasteiger charge is -2.25.